The number of nitrogens with zero attached hydrogens (tertiary/aromatic N) is 2. The predicted octanol–water partition coefficient (Wildman–Crippen LogP) is 3.91. The van der Waals surface area contributed by atoms with Gasteiger partial charge in [0.1, 0.15) is 5.69 Å². The third-order valence-corrected chi connectivity index (χ3v) is 5.14. The van der Waals surface area contributed by atoms with Crippen LogP contribution in [0.2, 0.25) is 0 Å². The quantitative estimate of drug-likeness (QED) is 0.467. The van der Waals surface area contributed by atoms with E-state index in [1.807, 2.05) is 11.8 Å². The van der Waals surface area contributed by atoms with E-state index in [1.165, 1.54) is 13.0 Å². The largest absolute Gasteiger partial charge is 0.365 e. The number of carbonyl (C=O) groups is 1. The molecular formula is C16H22N2O3S. The van der Waals surface area contributed by atoms with Crippen molar-refractivity contribution in [3.63, 3.8) is 0 Å². The normalized spacial score (nSPS) is 18.8. The van der Waals surface area contributed by atoms with Gasteiger partial charge < -0.3 is 4.90 Å². The minimum atomic E-state index is -0.380. The zero-order valence-corrected chi connectivity index (χ0v) is 13.9. The van der Waals surface area contributed by atoms with Gasteiger partial charge in [-0.25, -0.2) is 0 Å². The molecule has 1 heterocycles. The highest BCUT2D eigenvalue weighted by molar-refractivity contribution is 7.99. The highest BCUT2D eigenvalue weighted by Gasteiger charge is 2.25. The number of thioether (sulfide) groups is 1. The van der Waals surface area contributed by atoms with Crippen LogP contribution < -0.4 is 4.90 Å². The first-order valence-corrected chi connectivity index (χ1v) is 8.73. The fourth-order valence-electron chi connectivity index (χ4n) is 2.85. The number of Topliss-reactive ketones (excluding diaryl/α,β-unsaturated/α-hetero) is 1. The van der Waals surface area contributed by atoms with Crippen LogP contribution in [0.15, 0.2) is 18.2 Å². The third kappa shape index (κ3) is 4.00. The van der Waals surface area contributed by atoms with Gasteiger partial charge in [-0.15, -0.1) is 0 Å². The van der Waals surface area contributed by atoms with Gasteiger partial charge in [0.25, 0.3) is 5.69 Å². The summed E-state index contributed by atoms with van der Waals surface area (Å²) in [7, 11) is 0. The van der Waals surface area contributed by atoms with Gasteiger partial charge in [0, 0.05) is 30.0 Å². The van der Waals surface area contributed by atoms with Gasteiger partial charge >= 0.3 is 0 Å². The number of ketones is 1. The van der Waals surface area contributed by atoms with Crippen molar-refractivity contribution in [2.45, 2.75) is 38.4 Å². The van der Waals surface area contributed by atoms with E-state index in [2.05, 4.69) is 11.8 Å². The molecule has 1 aliphatic heterocycles. The monoisotopic (exact) mass is 322 g/mol. The van der Waals surface area contributed by atoms with Crippen molar-refractivity contribution >= 4 is 28.9 Å². The van der Waals surface area contributed by atoms with E-state index in [0.717, 1.165) is 38.1 Å². The van der Waals surface area contributed by atoms with Gasteiger partial charge in [-0.3, -0.25) is 14.9 Å². The van der Waals surface area contributed by atoms with Crippen molar-refractivity contribution in [1.29, 1.82) is 0 Å². The molecule has 1 fully saturated rings. The lowest BCUT2D eigenvalue weighted by molar-refractivity contribution is -0.384. The SMILES string of the molecule is CCSC1CCCCN(c2ccc(C(C)=O)cc2[N+](=O)[O-])C1. The summed E-state index contributed by atoms with van der Waals surface area (Å²) in [5, 5.41) is 11.9. The van der Waals surface area contributed by atoms with Crippen LogP contribution in [0.5, 0.6) is 0 Å². The molecule has 120 valence electrons. The molecular weight excluding hydrogens is 300 g/mol. The molecule has 22 heavy (non-hydrogen) atoms. The van der Waals surface area contributed by atoms with E-state index < -0.39 is 0 Å². The van der Waals surface area contributed by atoms with Gasteiger partial charge in [0.15, 0.2) is 5.78 Å². The molecule has 1 saturated heterocycles. The Morgan fingerprint density at radius 1 is 1.45 bits per heavy atom. The van der Waals surface area contributed by atoms with Gasteiger partial charge in [0.2, 0.25) is 0 Å². The minimum Gasteiger partial charge on any atom is -0.365 e. The topological polar surface area (TPSA) is 63.5 Å². The lowest BCUT2D eigenvalue weighted by Gasteiger charge is -2.26. The summed E-state index contributed by atoms with van der Waals surface area (Å²) in [6.07, 6.45) is 3.37. The number of carbonyl (C=O) groups excluding carboxylic acids is 1. The molecule has 0 spiro atoms. The predicted molar refractivity (Wildman–Crippen MR) is 91.1 cm³/mol. The van der Waals surface area contributed by atoms with E-state index in [9.17, 15) is 14.9 Å². The maximum Gasteiger partial charge on any atom is 0.293 e. The van der Waals surface area contributed by atoms with Crippen LogP contribution >= 0.6 is 11.8 Å². The van der Waals surface area contributed by atoms with Crippen LogP contribution in [0.1, 0.15) is 43.5 Å². The molecule has 0 bridgehead atoms. The number of benzene rings is 1. The van der Waals surface area contributed by atoms with Gasteiger partial charge in [0.05, 0.1) is 4.92 Å². The number of hydrogen-bond donors (Lipinski definition) is 0. The van der Waals surface area contributed by atoms with Gasteiger partial charge in [-0.05, 0) is 37.7 Å². The van der Waals surface area contributed by atoms with Crippen LogP contribution in [0.4, 0.5) is 11.4 Å². The zero-order valence-electron chi connectivity index (χ0n) is 13.1. The van der Waals surface area contributed by atoms with E-state index >= 15 is 0 Å². The van der Waals surface area contributed by atoms with E-state index in [4.69, 9.17) is 0 Å². The van der Waals surface area contributed by atoms with Crippen molar-refractivity contribution in [3.8, 4) is 0 Å². The summed E-state index contributed by atoms with van der Waals surface area (Å²) in [4.78, 5) is 24.6. The Labute approximate surface area is 135 Å². The lowest BCUT2D eigenvalue weighted by Crippen LogP contribution is -2.30. The number of anilines is 1. The van der Waals surface area contributed by atoms with Crippen molar-refractivity contribution in [3.05, 3.63) is 33.9 Å². The molecule has 1 aromatic rings. The first-order valence-electron chi connectivity index (χ1n) is 7.68. The summed E-state index contributed by atoms with van der Waals surface area (Å²) in [6.45, 7) is 5.24. The second-order valence-corrected chi connectivity index (χ2v) is 7.11. The Hall–Kier alpha value is -1.56. The molecule has 1 aliphatic rings. The summed E-state index contributed by atoms with van der Waals surface area (Å²) in [5.74, 6) is 0.911. The molecule has 5 nitrogen and oxygen atoms in total. The number of hydrogen-bond acceptors (Lipinski definition) is 5. The smallest absolute Gasteiger partial charge is 0.293 e. The fourth-order valence-corrected chi connectivity index (χ4v) is 3.94. The van der Waals surface area contributed by atoms with Gasteiger partial charge in [-0.2, -0.15) is 11.8 Å². The van der Waals surface area contributed by atoms with Crippen LogP contribution in [0.3, 0.4) is 0 Å². The molecule has 6 heteroatoms. The Kier molecular flexibility index (Phi) is 5.83. The molecule has 0 radical (unpaired) electrons. The maximum atomic E-state index is 11.5. The van der Waals surface area contributed by atoms with Crippen molar-refractivity contribution in [2.75, 3.05) is 23.7 Å². The Balaban J connectivity index is 2.33. The summed E-state index contributed by atoms with van der Waals surface area (Å²) < 4.78 is 0. The molecule has 0 N–H and O–H groups in total. The van der Waals surface area contributed by atoms with Gasteiger partial charge in [-0.1, -0.05) is 13.3 Å². The second-order valence-electron chi connectivity index (χ2n) is 5.54. The van der Waals surface area contributed by atoms with Crippen molar-refractivity contribution < 1.29 is 9.72 Å². The summed E-state index contributed by atoms with van der Waals surface area (Å²) in [6, 6.07) is 4.83. The maximum absolute atomic E-state index is 11.5. The standard InChI is InChI=1S/C16H22N2O3S/c1-3-22-14-6-4-5-9-17(11-14)15-8-7-13(12(2)19)10-16(15)18(20)21/h7-8,10,14H,3-6,9,11H2,1-2H3. The third-order valence-electron chi connectivity index (χ3n) is 3.95. The number of nitro groups is 1. The second kappa shape index (κ2) is 7.63. The van der Waals surface area contributed by atoms with Crippen LogP contribution in [0, 0.1) is 10.1 Å². The molecule has 0 saturated carbocycles. The molecule has 1 atom stereocenters. The van der Waals surface area contributed by atoms with E-state index in [0.29, 0.717) is 16.5 Å². The fraction of sp³-hybridized carbons (Fsp3) is 0.562. The number of rotatable bonds is 5. The Morgan fingerprint density at radius 3 is 2.86 bits per heavy atom. The average molecular weight is 322 g/mol. The van der Waals surface area contributed by atoms with E-state index in [1.54, 1.807) is 12.1 Å². The lowest BCUT2D eigenvalue weighted by atomic mass is 10.1. The number of nitro benzene ring substituents is 1. The minimum absolute atomic E-state index is 0.0369. The molecule has 0 aromatic heterocycles. The molecule has 1 unspecified atom stereocenters. The van der Waals surface area contributed by atoms with Crippen LogP contribution in [-0.4, -0.2) is 34.8 Å². The van der Waals surface area contributed by atoms with Crippen LogP contribution in [0.25, 0.3) is 0 Å². The average Bonchev–Trinajstić information content (AvgIpc) is 2.72. The van der Waals surface area contributed by atoms with E-state index in [-0.39, 0.29) is 16.4 Å². The Morgan fingerprint density at radius 2 is 2.23 bits per heavy atom. The summed E-state index contributed by atoms with van der Waals surface area (Å²) >= 11 is 1.92. The molecule has 2 rings (SSSR count). The highest BCUT2D eigenvalue weighted by atomic mass is 32.2. The summed E-state index contributed by atoms with van der Waals surface area (Å²) in [5.41, 5.74) is 1.07. The van der Waals surface area contributed by atoms with Crippen molar-refractivity contribution in [2.24, 2.45) is 0 Å². The first-order chi connectivity index (χ1) is 10.5. The highest BCUT2D eigenvalue weighted by Crippen LogP contribution is 2.33. The zero-order chi connectivity index (χ0) is 16.1. The molecule has 0 amide bonds. The first kappa shape index (κ1) is 16.8. The molecule has 1 aromatic carbocycles. The Bertz CT molecular complexity index is 562. The molecule has 0 aliphatic carbocycles. The van der Waals surface area contributed by atoms with Crippen LogP contribution in [-0.2, 0) is 0 Å². The van der Waals surface area contributed by atoms with Crippen molar-refractivity contribution in [1.82, 2.24) is 0 Å².